The summed E-state index contributed by atoms with van der Waals surface area (Å²) in [6.45, 7) is 4.39. The number of nitrogens with one attached hydrogen (secondary N) is 1. The highest BCUT2D eigenvalue weighted by Crippen LogP contribution is 2.22. The molecule has 0 saturated carbocycles. The minimum Gasteiger partial charge on any atom is -0.374 e. The Labute approximate surface area is 119 Å². The Morgan fingerprint density at radius 2 is 2.30 bits per heavy atom. The van der Waals surface area contributed by atoms with Gasteiger partial charge in [0.1, 0.15) is 0 Å². The molecule has 0 aliphatic carbocycles. The van der Waals surface area contributed by atoms with E-state index in [1.54, 1.807) is 6.92 Å². The molecule has 20 heavy (non-hydrogen) atoms. The number of carbonyl (C=O) groups excluding carboxylic acids is 1. The van der Waals surface area contributed by atoms with Crippen LogP contribution in [0.2, 0.25) is 0 Å². The van der Waals surface area contributed by atoms with Gasteiger partial charge in [0, 0.05) is 19.6 Å². The zero-order valence-electron chi connectivity index (χ0n) is 11.8. The average Bonchev–Trinajstić information content (AvgIpc) is 2.63. The number of sulfone groups is 1. The van der Waals surface area contributed by atoms with Crippen molar-refractivity contribution in [2.45, 2.75) is 25.0 Å². The molecule has 2 saturated heterocycles. The minimum atomic E-state index is -3.01. The summed E-state index contributed by atoms with van der Waals surface area (Å²) in [6.07, 6.45) is 0.453. The number of ether oxygens (including phenoxy) is 1. The van der Waals surface area contributed by atoms with Gasteiger partial charge in [-0.1, -0.05) is 0 Å². The van der Waals surface area contributed by atoms with Gasteiger partial charge >= 0.3 is 0 Å². The van der Waals surface area contributed by atoms with Crippen LogP contribution in [0.5, 0.6) is 0 Å². The first kappa shape index (κ1) is 15.7. The van der Waals surface area contributed by atoms with Crippen LogP contribution in [0.1, 0.15) is 13.3 Å². The normalized spacial score (nSPS) is 34.0. The molecule has 0 radical (unpaired) electrons. The average molecular weight is 305 g/mol. The molecule has 2 unspecified atom stereocenters. The number of nitrogens with zero attached hydrogens (tertiary/aromatic N) is 1. The quantitative estimate of drug-likeness (QED) is 0.644. The van der Waals surface area contributed by atoms with E-state index in [4.69, 9.17) is 10.5 Å². The number of hydrogen-bond acceptors (Lipinski definition) is 6. The number of hydrogen-bond donors (Lipinski definition) is 2. The largest absolute Gasteiger partial charge is 0.374 e. The third-order valence-electron chi connectivity index (χ3n) is 3.80. The maximum Gasteiger partial charge on any atom is 0.234 e. The van der Waals surface area contributed by atoms with Crippen LogP contribution in [0, 0.1) is 0 Å². The molecule has 8 heteroatoms. The molecule has 2 rings (SSSR count). The maximum atomic E-state index is 12.1. The molecule has 3 N–H and O–H groups in total. The molecular weight excluding hydrogens is 282 g/mol. The molecule has 0 aromatic heterocycles. The fourth-order valence-electron chi connectivity index (χ4n) is 2.75. The van der Waals surface area contributed by atoms with Crippen LogP contribution in [-0.2, 0) is 19.4 Å². The summed E-state index contributed by atoms with van der Waals surface area (Å²) in [6, 6.07) is 0. The van der Waals surface area contributed by atoms with E-state index in [-0.39, 0.29) is 30.1 Å². The van der Waals surface area contributed by atoms with E-state index in [1.165, 1.54) is 0 Å². The number of morpholine rings is 1. The van der Waals surface area contributed by atoms with Crippen LogP contribution >= 0.6 is 0 Å². The van der Waals surface area contributed by atoms with Gasteiger partial charge in [-0.2, -0.15) is 0 Å². The van der Waals surface area contributed by atoms with E-state index in [0.717, 1.165) is 0 Å². The van der Waals surface area contributed by atoms with Crippen molar-refractivity contribution < 1.29 is 17.9 Å². The first-order valence-electron chi connectivity index (χ1n) is 6.87. The summed E-state index contributed by atoms with van der Waals surface area (Å²) in [5.41, 5.74) is 4.93. The summed E-state index contributed by atoms with van der Waals surface area (Å²) in [5.74, 6) is 0.0407. The van der Waals surface area contributed by atoms with E-state index in [1.807, 2.05) is 4.90 Å². The van der Waals surface area contributed by atoms with Crippen LogP contribution < -0.4 is 11.1 Å². The minimum absolute atomic E-state index is 0.0281. The van der Waals surface area contributed by atoms with Crippen molar-refractivity contribution in [3.05, 3.63) is 0 Å². The Balaban J connectivity index is 1.84. The van der Waals surface area contributed by atoms with Gasteiger partial charge in [0.05, 0.1) is 36.3 Å². The second kappa shape index (κ2) is 5.97. The molecule has 0 spiro atoms. The zero-order valence-corrected chi connectivity index (χ0v) is 12.6. The molecule has 0 bridgehead atoms. The van der Waals surface area contributed by atoms with Crippen molar-refractivity contribution in [2.24, 2.45) is 5.73 Å². The lowest BCUT2D eigenvalue weighted by molar-refractivity contribution is -0.125. The molecular formula is C12H23N3O4S. The highest BCUT2D eigenvalue weighted by atomic mass is 32.2. The molecule has 7 nitrogen and oxygen atoms in total. The maximum absolute atomic E-state index is 12.1. The zero-order chi connectivity index (χ0) is 14.8. The second-order valence-electron chi connectivity index (χ2n) is 5.91. The van der Waals surface area contributed by atoms with E-state index in [2.05, 4.69) is 5.32 Å². The Morgan fingerprint density at radius 3 is 2.90 bits per heavy atom. The summed E-state index contributed by atoms with van der Waals surface area (Å²) in [7, 11) is -3.01. The van der Waals surface area contributed by atoms with Crippen molar-refractivity contribution in [1.82, 2.24) is 10.2 Å². The third kappa shape index (κ3) is 4.15. The molecule has 2 aliphatic rings. The van der Waals surface area contributed by atoms with Gasteiger partial charge in [-0.05, 0) is 13.3 Å². The van der Waals surface area contributed by atoms with Gasteiger partial charge in [-0.3, -0.25) is 9.69 Å². The van der Waals surface area contributed by atoms with E-state index in [9.17, 15) is 13.2 Å². The first-order valence-corrected chi connectivity index (χ1v) is 8.69. The van der Waals surface area contributed by atoms with Gasteiger partial charge in [-0.25, -0.2) is 8.42 Å². The molecule has 2 fully saturated rings. The fraction of sp³-hybridized carbons (Fsp3) is 0.917. The SMILES string of the molecule is CC1(NC(=O)CN2CCOC(CN)C2)CCS(=O)(=O)C1. The van der Waals surface area contributed by atoms with Gasteiger partial charge < -0.3 is 15.8 Å². The van der Waals surface area contributed by atoms with Crippen LogP contribution in [0.25, 0.3) is 0 Å². The number of rotatable bonds is 4. The van der Waals surface area contributed by atoms with E-state index in [0.29, 0.717) is 32.7 Å². The van der Waals surface area contributed by atoms with Gasteiger partial charge in [0.2, 0.25) is 5.91 Å². The molecule has 0 aromatic carbocycles. The highest BCUT2D eigenvalue weighted by molar-refractivity contribution is 7.91. The van der Waals surface area contributed by atoms with Gasteiger partial charge in [0.25, 0.3) is 0 Å². The predicted octanol–water partition coefficient (Wildman–Crippen LogP) is -1.66. The fourth-order valence-corrected chi connectivity index (χ4v) is 4.85. The molecule has 0 aromatic rings. The van der Waals surface area contributed by atoms with Crippen molar-refractivity contribution in [3.8, 4) is 0 Å². The van der Waals surface area contributed by atoms with Crippen molar-refractivity contribution in [3.63, 3.8) is 0 Å². The molecule has 2 aliphatic heterocycles. The molecule has 116 valence electrons. The summed E-state index contributed by atoms with van der Waals surface area (Å²) < 4.78 is 28.5. The van der Waals surface area contributed by atoms with Gasteiger partial charge in [0.15, 0.2) is 9.84 Å². The Kier molecular flexibility index (Phi) is 4.68. The highest BCUT2D eigenvalue weighted by Gasteiger charge is 2.39. The van der Waals surface area contributed by atoms with Crippen LogP contribution in [0.4, 0.5) is 0 Å². The Morgan fingerprint density at radius 1 is 1.55 bits per heavy atom. The number of nitrogens with two attached hydrogens (primary N) is 1. The van der Waals surface area contributed by atoms with Crippen LogP contribution in [0.15, 0.2) is 0 Å². The summed E-state index contributed by atoms with van der Waals surface area (Å²) in [4.78, 5) is 14.0. The summed E-state index contributed by atoms with van der Waals surface area (Å²) in [5, 5.41) is 2.86. The molecule has 1 amide bonds. The Bertz CT molecular complexity index is 467. The van der Waals surface area contributed by atoms with E-state index < -0.39 is 15.4 Å². The molecule has 2 atom stereocenters. The summed E-state index contributed by atoms with van der Waals surface area (Å²) >= 11 is 0. The van der Waals surface area contributed by atoms with Crippen molar-refractivity contribution in [2.75, 3.05) is 44.3 Å². The standard InChI is InChI=1S/C12H23N3O4S/c1-12(2-5-20(17,18)9-12)14-11(16)8-15-3-4-19-10(6-13)7-15/h10H,2-9,13H2,1H3,(H,14,16). The second-order valence-corrected chi connectivity index (χ2v) is 8.10. The first-order chi connectivity index (χ1) is 9.32. The predicted molar refractivity (Wildman–Crippen MR) is 75.1 cm³/mol. The Hall–Kier alpha value is -0.700. The third-order valence-corrected chi connectivity index (χ3v) is 5.70. The van der Waals surface area contributed by atoms with Gasteiger partial charge in [-0.15, -0.1) is 0 Å². The number of amides is 1. The number of carbonyl (C=O) groups is 1. The topological polar surface area (TPSA) is 102 Å². The molecule has 2 heterocycles. The van der Waals surface area contributed by atoms with Crippen LogP contribution in [0.3, 0.4) is 0 Å². The smallest absolute Gasteiger partial charge is 0.234 e. The monoisotopic (exact) mass is 305 g/mol. The lowest BCUT2D eigenvalue weighted by atomic mass is 10.0. The lowest BCUT2D eigenvalue weighted by Gasteiger charge is -2.33. The van der Waals surface area contributed by atoms with Crippen molar-refractivity contribution in [1.29, 1.82) is 0 Å². The van der Waals surface area contributed by atoms with Crippen LogP contribution in [-0.4, -0.2) is 75.2 Å². The lowest BCUT2D eigenvalue weighted by Crippen LogP contribution is -2.53. The van der Waals surface area contributed by atoms with Crippen molar-refractivity contribution >= 4 is 15.7 Å². The van der Waals surface area contributed by atoms with E-state index >= 15 is 0 Å².